The molecule has 0 spiro atoms. The number of carbonyl (C=O) groups is 1. The molecule has 1 aliphatic heterocycles. The SMILES string of the molecule is CC(Cc1ccccc1)C1Cc2ccccc2C(=O)N1C. The first-order valence-corrected chi connectivity index (χ1v) is 7.56. The Hall–Kier alpha value is -2.09. The van der Waals surface area contributed by atoms with Crippen LogP contribution in [0, 0.1) is 5.92 Å². The molecule has 2 nitrogen and oxygen atoms in total. The fourth-order valence-electron chi connectivity index (χ4n) is 3.31. The van der Waals surface area contributed by atoms with E-state index in [1.807, 2.05) is 36.2 Å². The summed E-state index contributed by atoms with van der Waals surface area (Å²) in [6.45, 7) is 2.25. The molecule has 1 aliphatic rings. The lowest BCUT2D eigenvalue weighted by Crippen LogP contribution is -2.46. The molecule has 1 heterocycles. The molecule has 0 bridgehead atoms. The molecule has 108 valence electrons. The van der Waals surface area contributed by atoms with Gasteiger partial charge in [0, 0.05) is 18.7 Å². The topological polar surface area (TPSA) is 20.3 Å². The van der Waals surface area contributed by atoms with E-state index in [4.69, 9.17) is 0 Å². The van der Waals surface area contributed by atoms with E-state index in [2.05, 4.69) is 37.3 Å². The molecule has 0 saturated heterocycles. The Bertz CT molecular complexity index is 635. The number of amides is 1. The average Bonchev–Trinajstić information content (AvgIpc) is 2.52. The van der Waals surface area contributed by atoms with Crippen molar-refractivity contribution in [2.24, 2.45) is 5.92 Å². The third-order valence-electron chi connectivity index (χ3n) is 4.55. The van der Waals surface area contributed by atoms with Crippen LogP contribution in [0.3, 0.4) is 0 Å². The summed E-state index contributed by atoms with van der Waals surface area (Å²) in [7, 11) is 1.93. The summed E-state index contributed by atoms with van der Waals surface area (Å²) < 4.78 is 0. The fourth-order valence-corrected chi connectivity index (χ4v) is 3.31. The highest BCUT2D eigenvalue weighted by Crippen LogP contribution is 2.27. The molecule has 2 aromatic rings. The summed E-state index contributed by atoms with van der Waals surface area (Å²) in [5.41, 5.74) is 3.39. The Morgan fingerprint density at radius 1 is 1.10 bits per heavy atom. The van der Waals surface area contributed by atoms with Crippen molar-refractivity contribution in [2.45, 2.75) is 25.8 Å². The van der Waals surface area contributed by atoms with Gasteiger partial charge in [-0.2, -0.15) is 0 Å². The second-order valence-corrected chi connectivity index (χ2v) is 6.01. The third-order valence-corrected chi connectivity index (χ3v) is 4.55. The van der Waals surface area contributed by atoms with Gasteiger partial charge in [-0.1, -0.05) is 55.5 Å². The van der Waals surface area contributed by atoms with Gasteiger partial charge >= 0.3 is 0 Å². The number of nitrogens with zero attached hydrogens (tertiary/aromatic N) is 1. The van der Waals surface area contributed by atoms with E-state index < -0.39 is 0 Å². The predicted molar refractivity (Wildman–Crippen MR) is 85.3 cm³/mol. The van der Waals surface area contributed by atoms with E-state index in [-0.39, 0.29) is 11.9 Å². The van der Waals surface area contributed by atoms with E-state index >= 15 is 0 Å². The zero-order chi connectivity index (χ0) is 14.8. The summed E-state index contributed by atoms with van der Waals surface area (Å²) >= 11 is 0. The van der Waals surface area contributed by atoms with Gasteiger partial charge in [0.15, 0.2) is 0 Å². The lowest BCUT2D eigenvalue weighted by Gasteiger charge is -2.37. The average molecular weight is 279 g/mol. The lowest BCUT2D eigenvalue weighted by molar-refractivity contribution is 0.0650. The second-order valence-electron chi connectivity index (χ2n) is 6.01. The van der Waals surface area contributed by atoms with Crippen molar-refractivity contribution in [3.05, 3.63) is 71.3 Å². The quantitative estimate of drug-likeness (QED) is 0.841. The van der Waals surface area contributed by atoms with Crippen molar-refractivity contribution in [1.29, 1.82) is 0 Å². The molecule has 2 unspecified atom stereocenters. The van der Waals surface area contributed by atoms with Gasteiger partial charge in [-0.25, -0.2) is 0 Å². The number of rotatable bonds is 3. The van der Waals surface area contributed by atoms with Crippen LogP contribution in [-0.2, 0) is 12.8 Å². The maximum Gasteiger partial charge on any atom is 0.254 e. The highest BCUT2D eigenvalue weighted by molar-refractivity contribution is 5.96. The first-order valence-electron chi connectivity index (χ1n) is 7.56. The maximum absolute atomic E-state index is 12.5. The van der Waals surface area contributed by atoms with E-state index in [0.717, 1.165) is 18.4 Å². The summed E-state index contributed by atoms with van der Waals surface area (Å²) in [6, 6.07) is 18.8. The summed E-state index contributed by atoms with van der Waals surface area (Å²) in [4.78, 5) is 14.4. The summed E-state index contributed by atoms with van der Waals surface area (Å²) in [6.07, 6.45) is 1.96. The van der Waals surface area contributed by atoms with Crippen molar-refractivity contribution in [3.63, 3.8) is 0 Å². The molecule has 21 heavy (non-hydrogen) atoms. The van der Waals surface area contributed by atoms with Gasteiger partial charge in [-0.15, -0.1) is 0 Å². The van der Waals surface area contributed by atoms with Crippen LogP contribution >= 0.6 is 0 Å². The molecule has 0 aromatic heterocycles. The van der Waals surface area contributed by atoms with Gasteiger partial charge in [-0.05, 0) is 36.0 Å². The van der Waals surface area contributed by atoms with Crippen LogP contribution in [0.2, 0.25) is 0 Å². The minimum absolute atomic E-state index is 0.154. The van der Waals surface area contributed by atoms with Gasteiger partial charge in [0.25, 0.3) is 5.91 Å². The smallest absolute Gasteiger partial charge is 0.254 e. The number of benzene rings is 2. The Morgan fingerprint density at radius 2 is 1.76 bits per heavy atom. The third kappa shape index (κ3) is 2.71. The predicted octanol–water partition coefficient (Wildman–Crippen LogP) is 3.56. The Kier molecular flexibility index (Phi) is 3.78. The number of carbonyl (C=O) groups excluding carboxylic acids is 1. The van der Waals surface area contributed by atoms with Crippen LogP contribution < -0.4 is 0 Å². The van der Waals surface area contributed by atoms with Gasteiger partial charge < -0.3 is 4.90 Å². The normalized spacial score (nSPS) is 19.2. The standard InChI is InChI=1S/C19H21NO/c1-14(12-15-8-4-3-5-9-15)18-13-16-10-6-7-11-17(16)19(21)20(18)2/h3-11,14,18H,12-13H2,1-2H3. The van der Waals surface area contributed by atoms with Crippen molar-refractivity contribution in [1.82, 2.24) is 4.90 Å². The van der Waals surface area contributed by atoms with Gasteiger partial charge in [0.05, 0.1) is 0 Å². The summed E-state index contributed by atoms with van der Waals surface area (Å²) in [5.74, 6) is 0.594. The molecule has 2 heteroatoms. The highest BCUT2D eigenvalue weighted by atomic mass is 16.2. The van der Waals surface area contributed by atoms with Crippen LogP contribution in [-0.4, -0.2) is 23.9 Å². The van der Waals surface area contributed by atoms with E-state index in [0.29, 0.717) is 5.92 Å². The molecule has 0 aliphatic carbocycles. The second kappa shape index (κ2) is 5.72. The molecule has 3 rings (SSSR count). The minimum Gasteiger partial charge on any atom is -0.338 e. The molecule has 2 aromatic carbocycles. The molecule has 0 saturated carbocycles. The van der Waals surface area contributed by atoms with Crippen molar-refractivity contribution in [2.75, 3.05) is 7.05 Å². The van der Waals surface area contributed by atoms with Crippen LogP contribution in [0.5, 0.6) is 0 Å². The molecule has 2 atom stereocenters. The zero-order valence-corrected chi connectivity index (χ0v) is 12.6. The van der Waals surface area contributed by atoms with Crippen molar-refractivity contribution in [3.8, 4) is 0 Å². The lowest BCUT2D eigenvalue weighted by atomic mass is 9.84. The van der Waals surface area contributed by atoms with Crippen LogP contribution in [0.25, 0.3) is 0 Å². The van der Waals surface area contributed by atoms with Crippen molar-refractivity contribution >= 4 is 5.91 Å². The number of hydrogen-bond acceptors (Lipinski definition) is 1. The Labute approximate surface area is 126 Å². The van der Waals surface area contributed by atoms with Crippen LogP contribution in [0.1, 0.15) is 28.4 Å². The maximum atomic E-state index is 12.5. The zero-order valence-electron chi connectivity index (χ0n) is 12.6. The molecule has 0 radical (unpaired) electrons. The van der Waals surface area contributed by atoms with Crippen LogP contribution in [0.15, 0.2) is 54.6 Å². The molecule has 0 N–H and O–H groups in total. The monoisotopic (exact) mass is 279 g/mol. The first-order chi connectivity index (χ1) is 10.2. The number of likely N-dealkylation sites (N-methyl/N-ethyl adjacent to an activating group) is 1. The summed E-state index contributed by atoms with van der Waals surface area (Å²) in [5, 5.41) is 0. The largest absolute Gasteiger partial charge is 0.338 e. The number of hydrogen-bond donors (Lipinski definition) is 0. The Balaban J connectivity index is 1.81. The highest BCUT2D eigenvalue weighted by Gasteiger charge is 2.32. The van der Waals surface area contributed by atoms with E-state index in [9.17, 15) is 4.79 Å². The number of fused-ring (bicyclic) bond motifs is 1. The van der Waals surface area contributed by atoms with Crippen LogP contribution in [0.4, 0.5) is 0 Å². The van der Waals surface area contributed by atoms with E-state index in [1.54, 1.807) is 0 Å². The molecular formula is C19H21NO. The fraction of sp³-hybridized carbons (Fsp3) is 0.316. The molecule has 0 fully saturated rings. The first kappa shape index (κ1) is 13.9. The Morgan fingerprint density at radius 3 is 2.52 bits per heavy atom. The van der Waals surface area contributed by atoms with Crippen molar-refractivity contribution < 1.29 is 4.79 Å². The van der Waals surface area contributed by atoms with Gasteiger partial charge in [-0.3, -0.25) is 4.79 Å². The van der Waals surface area contributed by atoms with Gasteiger partial charge in [0.1, 0.15) is 0 Å². The minimum atomic E-state index is 0.154. The van der Waals surface area contributed by atoms with E-state index in [1.165, 1.54) is 11.1 Å². The molecule has 1 amide bonds. The van der Waals surface area contributed by atoms with Gasteiger partial charge in [0.2, 0.25) is 0 Å². The molecular weight excluding hydrogens is 258 g/mol.